The van der Waals surface area contributed by atoms with Crippen molar-refractivity contribution in [1.29, 1.82) is 0 Å². The van der Waals surface area contributed by atoms with Gasteiger partial charge in [-0.1, -0.05) is 71.5 Å². The maximum absolute atomic E-state index is 13.5. The molecule has 3 amide bonds. The van der Waals surface area contributed by atoms with Gasteiger partial charge in [-0.2, -0.15) is 54.0 Å². The van der Waals surface area contributed by atoms with Gasteiger partial charge in [0.15, 0.2) is 23.3 Å². The number of aromatic nitrogens is 14. The number of halogens is 14. The Morgan fingerprint density at radius 1 is 0.633 bits per heavy atom. The van der Waals surface area contributed by atoms with Gasteiger partial charge < -0.3 is 19.4 Å². The van der Waals surface area contributed by atoms with Crippen molar-refractivity contribution < 1.29 is 71.8 Å². The highest BCUT2D eigenvalue weighted by Gasteiger charge is 2.42. The molecule has 21 nitrogen and oxygen atoms in total. The SMILES string of the molecule is CC1Cc2c(nnn2-c2ncc(F)cn2)CN1C(=O)c1cccc(C(F)(F)F)c1.C[C@@H]1c2nn(COCC[Si](C)(C)C)c(-c3ncc(F)cn3)c2CCN1C(=O)c1cccc(C(F)(F)F)c1Cl.Cc1nc(-n2nnc3c2CCN(C(=O)c2cccc(C(F)(F)F)c2Cl)[C@H]3C)ncc1F. The molecule has 0 radical (unpaired) electrons. The molecule has 0 N–H and O–H groups in total. The summed E-state index contributed by atoms with van der Waals surface area (Å²) in [6, 6.07) is 10.3. The number of aryl methyl sites for hydroxylation is 1. The minimum absolute atomic E-state index is 0.0515. The highest BCUT2D eigenvalue weighted by atomic mass is 35.5. The Kier molecular flexibility index (Phi) is 20.6. The molecule has 3 aromatic carbocycles. The first-order valence-electron chi connectivity index (χ1n) is 29.9. The largest absolute Gasteiger partial charge is 0.417 e. The van der Waals surface area contributed by atoms with Crippen molar-refractivity contribution in [2.75, 3.05) is 19.7 Å². The molecule has 0 saturated carbocycles. The molecule has 1 unspecified atom stereocenters. The number of rotatable bonds is 11. The third-order valence-corrected chi connectivity index (χ3v) is 18.7. The van der Waals surface area contributed by atoms with Gasteiger partial charge in [-0.3, -0.25) is 14.4 Å². The van der Waals surface area contributed by atoms with Crippen LogP contribution in [0.15, 0.2) is 91.6 Å². The van der Waals surface area contributed by atoms with Crippen molar-refractivity contribution in [3.05, 3.63) is 192 Å². The molecule has 6 aromatic heterocycles. The lowest BCUT2D eigenvalue weighted by Crippen LogP contribution is -2.43. The van der Waals surface area contributed by atoms with Gasteiger partial charge in [0, 0.05) is 57.8 Å². The topological polar surface area (TPSA) is 227 Å². The minimum Gasteiger partial charge on any atom is -0.360 e. The van der Waals surface area contributed by atoms with E-state index in [4.69, 9.17) is 33.0 Å². The molecule has 36 heteroatoms. The first kappa shape index (κ1) is 71.5. The summed E-state index contributed by atoms with van der Waals surface area (Å²) >= 11 is 12.0. The molecule has 3 aliphatic heterocycles. The molecular weight excluding hydrogens is 1370 g/mol. The zero-order valence-corrected chi connectivity index (χ0v) is 55.3. The summed E-state index contributed by atoms with van der Waals surface area (Å²) < 4.78 is 169. The van der Waals surface area contributed by atoms with E-state index in [-0.39, 0.29) is 72.5 Å². The first-order chi connectivity index (χ1) is 46.1. The van der Waals surface area contributed by atoms with Crippen molar-refractivity contribution in [2.24, 2.45) is 0 Å². The molecule has 3 aliphatic rings. The van der Waals surface area contributed by atoms with Gasteiger partial charge in [-0.15, -0.1) is 10.2 Å². The Bertz CT molecular complexity index is 4450. The lowest BCUT2D eigenvalue weighted by atomic mass is 9.97. The van der Waals surface area contributed by atoms with Crippen LogP contribution in [0.5, 0.6) is 0 Å². The second-order valence-corrected chi connectivity index (χ2v) is 30.4. The Hall–Kier alpha value is -9.28. The van der Waals surface area contributed by atoms with Crippen LogP contribution in [0.2, 0.25) is 35.7 Å². The van der Waals surface area contributed by atoms with E-state index in [1.54, 1.807) is 25.5 Å². The predicted octanol–water partition coefficient (Wildman–Crippen LogP) is 13.0. The number of ether oxygens (including phenoxy) is 1. The summed E-state index contributed by atoms with van der Waals surface area (Å²) in [5, 5.41) is 19.6. The van der Waals surface area contributed by atoms with Crippen LogP contribution in [0.25, 0.3) is 23.4 Å². The van der Waals surface area contributed by atoms with Crippen LogP contribution in [0.3, 0.4) is 0 Å². The van der Waals surface area contributed by atoms with Gasteiger partial charge in [-0.25, -0.2) is 47.8 Å². The summed E-state index contributed by atoms with van der Waals surface area (Å²) in [5.74, 6) is -2.97. The smallest absolute Gasteiger partial charge is 0.360 e. The average Bonchev–Trinajstić information content (AvgIpc) is 1.52. The molecule has 98 heavy (non-hydrogen) atoms. The van der Waals surface area contributed by atoms with Gasteiger partial charge in [0.05, 0.1) is 110 Å². The molecule has 9 aromatic rings. The van der Waals surface area contributed by atoms with E-state index in [0.29, 0.717) is 60.0 Å². The van der Waals surface area contributed by atoms with Gasteiger partial charge in [0.2, 0.25) is 0 Å². The number of hydrogen-bond acceptors (Lipinski definition) is 15. The zero-order chi connectivity index (χ0) is 71.1. The number of amides is 3. The number of fused-ring (bicyclic) bond motifs is 3. The summed E-state index contributed by atoms with van der Waals surface area (Å²) in [7, 11) is -1.32. The second kappa shape index (κ2) is 28.3. The third kappa shape index (κ3) is 15.4. The van der Waals surface area contributed by atoms with Crippen molar-refractivity contribution in [2.45, 2.75) is 123 Å². The Labute approximate surface area is 560 Å². The fourth-order valence-corrected chi connectivity index (χ4v) is 12.4. The lowest BCUT2D eigenvalue weighted by Gasteiger charge is -2.33. The fourth-order valence-electron chi connectivity index (χ4n) is 11.0. The Balaban J connectivity index is 0.000000161. The van der Waals surface area contributed by atoms with Crippen LogP contribution in [0, 0.1) is 24.4 Å². The molecule has 3 atom stereocenters. The number of alkyl halides is 9. The molecule has 0 bridgehead atoms. The Morgan fingerprint density at radius 2 is 1.17 bits per heavy atom. The van der Waals surface area contributed by atoms with E-state index in [1.165, 1.54) is 61.3 Å². The average molecular weight is 1430 g/mol. The van der Waals surface area contributed by atoms with E-state index in [9.17, 15) is 67.1 Å². The van der Waals surface area contributed by atoms with Crippen molar-refractivity contribution in [3.8, 4) is 23.4 Å². The van der Waals surface area contributed by atoms with E-state index in [1.807, 2.05) is 0 Å². The van der Waals surface area contributed by atoms with Gasteiger partial charge >= 0.3 is 18.5 Å². The zero-order valence-electron chi connectivity index (χ0n) is 52.8. The van der Waals surface area contributed by atoms with E-state index in [2.05, 4.69) is 70.2 Å². The van der Waals surface area contributed by atoms with Crippen molar-refractivity contribution in [1.82, 2.24) is 84.4 Å². The molecule has 0 fully saturated rings. The maximum Gasteiger partial charge on any atom is 0.417 e. The van der Waals surface area contributed by atoms with Crippen LogP contribution in [-0.2, 0) is 55.8 Å². The van der Waals surface area contributed by atoms with Crippen molar-refractivity contribution in [3.63, 3.8) is 0 Å². The van der Waals surface area contributed by atoms with Crippen LogP contribution >= 0.6 is 23.2 Å². The van der Waals surface area contributed by atoms with Crippen LogP contribution < -0.4 is 0 Å². The maximum atomic E-state index is 13.5. The predicted molar refractivity (Wildman–Crippen MR) is 330 cm³/mol. The first-order valence-corrected chi connectivity index (χ1v) is 34.4. The number of benzene rings is 3. The summed E-state index contributed by atoms with van der Waals surface area (Å²) in [6.45, 7) is 14.5. The number of carbonyl (C=O) groups excluding carboxylic acids is 3. The highest BCUT2D eigenvalue weighted by molar-refractivity contribution is 6.76. The van der Waals surface area contributed by atoms with Gasteiger partial charge in [0.25, 0.3) is 29.6 Å². The minimum atomic E-state index is -4.69. The molecule has 0 spiro atoms. The van der Waals surface area contributed by atoms with Crippen molar-refractivity contribution >= 4 is 49.0 Å². The quantitative estimate of drug-likeness (QED) is 0.0666. The number of carbonyl (C=O) groups is 3. The molecule has 9 heterocycles. The van der Waals surface area contributed by atoms with Gasteiger partial charge in [0.1, 0.15) is 23.8 Å². The molecular formula is C62H57Cl2F12N17O4Si. The summed E-state index contributed by atoms with van der Waals surface area (Å²) in [4.78, 5) is 67.5. The van der Waals surface area contributed by atoms with Gasteiger partial charge in [-0.05, 0) is 82.6 Å². The van der Waals surface area contributed by atoms with Crippen LogP contribution in [0.1, 0.15) is 120 Å². The standard InChI is InChI=1S/C25H28ClF4N5O2Si.C19H15ClF4N6O.C18H14F4N6O/c1-15-21-18(8-9-34(15)24(36)17-6-5-7-19(20(17)26)25(28,29)30)22(23-31-12-16(27)13-32-23)35(33-21)14-37-10-11-38(2,3)4;1-9-13(21)8-25-18(26-9)30-14-6-7-29(10(2)16(14)27-28-30)17(31)11-4-3-5-12(15(11)20)19(22,23)24;1-10-5-15-14(25-26-28(15)17-23-7-13(19)8-24-17)9-27(10)16(29)11-3-2-4-12(6-11)18(20,21)22/h5-7,12-13,15H,8-11,14H2,1-4H3;3-5,8,10H,6-7H2,1-2H3;2-4,6-8,10H,5,9H2,1H3/t15-;10-;/m10./s1. The number of nitrogens with zero attached hydrogens (tertiary/aromatic N) is 17. The molecule has 0 aliphatic carbocycles. The highest BCUT2D eigenvalue weighted by Crippen LogP contribution is 2.42. The third-order valence-electron chi connectivity index (χ3n) is 16.2. The molecule has 0 saturated heterocycles. The normalized spacial score (nSPS) is 16.3. The van der Waals surface area contributed by atoms with E-state index in [0.717, 1.165) is 72.9 Å². The monoisotopic (exact) mass is 1430 g/mol. The van der Waals surface area contributed by atoms with Crippen LogP contribution in [0.4, 0.5) is 52.7 Å². The van der Waals surface area contributed by atoms with E-state index < -0.39 is 101 Å². The summed E-state index contributed by atoms with van der Waals surface area (Å²) in [5.41, 5.74) is 0.729. The second-order valence-electron chi connectivity index (χ2n) is 24.1. The fraction of sp³-hybridized carbons (Fsp3) is 0.355. The van der Waals surface area contributed by atoms with E-state index >= 15 is 0 Å². The van der Waals surface area contributed by atoms with Crippen LogP contribution in [-0.4, -0.2) is 136 Å². The molecule has 12 rings (SSSR count). The Morgan fingerprint density at radius 3 is 1.74 bits per heavy atom. The molecule has 516 valence electrons. The number of hydrogen-bond donors (Lipinski definition) is 0. The summed E-state index contributed by atoms with van der Waals surface area (Å²) in [6.07, 6.45) is -7.74. The lowest BCUT2D eigenvalue weighted by molar-refractivity contribution is -0.138.